The van der Waals surface area contributed by atoms with Crippen LogP contribution in [0.5, 0.6) is 5.75 Å². The summed E-state index contributed by atoms with van der Waals surface area (Å²) in [7, 11) is 0. The number of aromatic hydroxyl groups is 1. The third-order valence-corrected chi connectivity index (χ3v) is 3.73. The van der Waals surface area contributed by atoms with Crippen molar-refractivity contribution in [1.82, 2.24) is 0 Å². The van der Waals surface area contributed by atoms with Crippen LogP contribution in [-0.2, 0) is 0 Å². The molecule has 1 aromatic rings. The molecule has 0 heterocycles. The minimum Gasteiger partial charge on any atom is -0.508 e. The molecule has 1 fully saturated rings. The van der Waals surface area contributed by atoms with E-state index in [1.54, 1.807) is 12.1 Å². The van der Waals surface area contributed by atoms with E-state index >= 15 is 0 Å². The zero-order chi connectivity index (χ0) is 11.4. The molecular formula is C14H20O2. The molecule has 2 rings (SSSR count). The van der Waals surface area contributed by atoms with Crippen molar-refractivity contribution in [3.63, 3.8) is 0 Å². The van der Waals surface area contributed by atoms with Gasteiger partial charge in [0.1, 0.15) is 5.75 Å². The Bertz CT molecular complexity index is 312. The smallest absolute Gasteiger partial charge is 0.115 e. The first kappa shape index (κ1) is 11.5. The Morgan fingerprint density at radius 2 is 1.75 bits per heavy atom. The van der Waals surface area contributed by atoms with Crippen LogP contribution in [0.15, 0.2) is 24.3 Å². The predicted molar refractivity (Wildman–Crippen MR) is 64.5 cm³/mol. The number of phenolic OH excluding ortho intramolecular Hbond substituents is 1. The average Bonchev–Trinajstić information content (AvgIpc) is 2.81. The van der Waals surface area contributed by atoms with E-state index in [1.807, 2.05) is 12.1 Å². The molecule has 0 aromatic heterocycles. The number of aliphatic hydroxyl groups excluding tert-OH is 1. The first-order valence-electron chi connectivity index (χ1n) is 6.21. The second-order valence-electron chi connectivity index (χ2n) is 4.75. The molecule has 0 aliphatic heterocycles. The Morgan fingerprint density at radius 3 is 2.31 bits per heavy atom. The molecule has 0 radical (unpaired) electrons. The summed E-state index contributed by atoms with van der Waals surface area (Å²) < 4.78 is 0. The topological polar surface area (TPSA) is 40.5 Å². The van der Waals surface area contributed by atoms with Gasteiger partial charge in [-0.2, -0.15) is 0 Å². The first-order chi connectivity index (χ1) is 7.81. The molecule has 0 spiro atoms. The molecule has 2 heteroatoms. The third-order valence-electron chi connectivity index (χ3n) is 3.73. The predicted octanol–water partition coefficient (Wildman–Crippen LogP) is 3.05. The average molecular weight is 220 g/mol. The Hall–Kier alpha value is -1.02. The fraction of sp³-hybridized carbons (Fsp3) is 0.571. The van der Waals surface area contributed by atoms with E-state index in [4.69, 9.17) is 5.11 Å². The number of aliphatic hydroxyl groups is 1. The van der Waals surface area contributed by atoms with Crippen LogP contribution in [0.2, 0.25) is 0 Å². The minimum absolute atomic E-state index is 0.252. The standard InChI is InChI=1S/C14H20O2/c15-10-9-14(11-3-1-2-4-11)12-5-7-13(16)8-6-12/h5-8,11,14-16H,1-4,9-10H2. The van der Waals surface area contributed by atoms with E-state index in [2.05, 4.69) is 0 Å². The molecule has 2 N–H and O–H groups in total. The lowest BCUT2D eigenvalue weighted by molar-refractivity contribution is 0.254. The molecule has 0 saturated heterocycles. The van der Waals surface area contributed by atoms with Crippen molar-refractivity contribution in [2.75, 3.05) is 6.61 Å². The van der Waals surface area contributed by atoms with Gasteiger partial charge in [-0.1, -0.05) is 25.0 Å². The van der Waals surface area contributed by atoms with Crippen LogP contribution in [0.1, 0.15) is 43.6 Å². The van der Waals surface area contributed by atoms with Gasteiger partial charge in [-0.15, -0.1) is 0 Å². The van der Waals surface area contributed by atoms with Gasteiger partial charge in [-0.3, -0.25) is 0 Å². The van der Waals surface area contributed by atoms with Gasteiger partial charge in [-0.25, -0.2) is 0 Å². The van der Waals surface area contributed by atoms with E-state index in [0.717, 1.165) is 12.3 Å². The van der Waals surface area contributed by atoms with Gasteiger partial charge in [0.25, 0.3) is 0 Å². The number of hydrogen-bond acceptors (Lipinski definition) is 2. The maximum absolute atomic E-state index is 9.28. The van der Waals surface area contributed by atoms with Crippen LogP contribution >= 0.6 is 0 Å². The monoisotopic (exact) mass is 220 g/mol. The van der Waals surface area contributed by atoms with Gasteiger partial charge in [0, 0.05) is 6.61 Å². The summed E-state index contributed by atoms with van der Waals surface area (Å²) >= 11 is 0. The number of hydrogen-bond donors (Lipinski definition) is 2. The quantitative estimate of drug-likeness (QED) is 0.818. The van der Waals surface area contributed by atoms with Crippen LogP contribution in [0, 0.1) is 5.92 Å². The van der Waals surface area contributed by atoms with Crippen LogP contribution < -0.4 is 0 Å². The van der Waals surface area contributed by atoms with Crippen molar-refractivity contribution in [1.29, 1.82) is 0 Å². The van der Waals surface area contributed by atoms with Crippen molar-refractivity contribution in [2.24, 2.45) is 5.92 Å². The summed E-state index contributed by atoms with van der Waals surface area (Å²) in [5, 5.41) is 18.4. The summed E-state index contributed by atoms with van der Waals surface area (Å²) in [6.07, 6.45) is 6.06. The largest absolute Gasteiger partial charge is 0.508 e. The van der Waals surface area contributed by atoms with Crippen LogP contribution in [0.4, 0.5) is 0 Å². The highest BCUT2D eigenvalue weighted by Gasteiger charge is 2.25. The summed E-state index contributed by atoms with van der Waals surface area (Å²) in [5.74, 6) is 1.50. The van der Waals surface area contributed by atoms with Crippen molar-refractivity contribution >= 4 is 0 Å². The van der Waals surface area contributed by atoms with Crippen molar-refractivity contribution < 1.29 is 10.2 Å². The fourth-order valence-corrected chi connectivity index (χ4v) is 2.89. The van der Waals surface area contributed by atoms with E-state index in [0.29, 0.717) is 11.7 Å². The molecule has 1 unspecified atom stereocenters. The SMILES string of the molecule is OCCC(c1ccc(O)cc1)C1CCCC1. The van der Waals surface area contributed by atoms with Gasteiger partial charge >= 0.3 is 0 Å². The van der Waals surface area contributed by atoms with Crippen molar-refractivity contribution in [2.45, 2.75) is 38.0 Å². The molecule has 1 aliphatic rings. The molecule has 88 valence electrons. The van der Waals surface area contributed by atoms with Gasteiger partial charge in [0.2, 0.25) is 0 Å². The molecule has 1 saturated carbocycles. The van der Waals surface area contributed by atoms with Gasteiger partial charge < -0.3 is 10.2 Å². The Balaban J connectivity index is 2.14. The molecule has 0 amide bonds. The summed E-state index contributed by atoms with van der Waals surface area (Å²) in [6.45, 7) is 0.252. The maximum Gasteiger partial charge on any atom is 0.115 e. The van der Waals surface area contributed by atoms with Gasteiger partial charge in [0.05, 0.1) is 0 Å². The lowest BCUT2D eigenvalue weighted by Crippen LogP contribution is -2.11. The third kappa shape index (κ3) is 2.56. The highest BCUT2D eigenvalue weighted by Crippen LogP contribution is 2.39. The van der Waals surface area contributed by atoms with Crippen LogP contribution in [0.3, 0.4) is 0 Å². The Labute approximate surface area is 96.9 Å². The molecule has 1 atom stereocenters. The molecule has 0 bridgehead atoms. The van der Waals surface area contributed by atoms with Crippen molar-refractivity contribution in [3.8, 4) is 5.75 Å². The first-order valence-corrected chi connectivity index (χ1v) is 6.21. The van der Waals surface area contributed by atoms with E-state index in [9.17, 15) is 5.11 Å². The molecule has 1 aromatic carbocycles. The molecule has 2 nitrogen and oxygen atoms in total. The maximum atomic E-state index is 9.28. The minimum atomic E-state index is 0.252. The number of benzene rings is 1. The highest BCUT2D eigenvalue weighted by atomic mass is 16.3. The number of rotatable bonds is 4. The fourth-order valence-electron chi connectivity index (χ4n) is 2.89. The summed E-state index contributed by atoms with van der Waals surface area (Å²) in [5.41, 5.74) is 1.26. The molecule has 1 aliphatic carbocycles. The zero-order valence-electron chi connectivity index (χ0n) is 9.60. The van der Waals surface area contributed by atoms with Gasteiger partial charge in [-0.05, 0) is 48.8 Å². The Morgan fingerprint density at radius 1 is 1.12 bits per heavy atom. The second-order valence-corrected chi connectivity index (χ2v) is 4.75. The number of phenols is 1. The van der Waals surface area contributed by atoms with E-state index < -0.39 is 0 Å². The van der Waals surface area contributed by atoms with Crippen molar-refractivity contribution in [3.05, 3.63) is 29.8 Å². The van der Waals surface area contributed by atoms with Crippen LogP contribution in [-0.4, -0.2) is 16.8 Å². The lowest BCUT2D eigenvalue weighted by atomic mass is 9.83. The zero-order valence-corrected chi connectivity index (χ0v) is 9.60. The lowest BCUT2D eigenvalue weighted by Gasteiger charge is -2.23. The Kier molecular flexibility index (Phi) is 3.83. The summed E-state index contributed by atoms with van der Waals surface area (Å²) in [6, 6.07) is 7.48. The van der Waals surface area contributed by atoms with Gasteiger partial charge in [0.15, 0.2) is 0 Å². The summed E-state index contributed by atoms with van der Waals surface area (Å²) in [4.78, 5) is 0. The van der Waals surface area contributed by atoms with Crippen LogP contribution in [0.25, 0.3) is 0 Å². The highest BCUT2D eigenvalue weighted by molar-refractivity contribution is 5.28. The second kappa shape index (κ2) is 5.35. The normalized spacial score (nSPS) is 18.8. The van der Waals surface area contributed by atoms with E-state index in [-0.39, 0.29) is 6.61 Å². The molecular weight excluding hydrogens is 200 g/mol. The van der Waals surface area contributed by atoms with E-state index in [1.165, 1.54) is 31.2 Å². The molecule has 16 heavy (non-hydrogen) atoms.